The first-order chi connectivity index (χ1) is 3.12. The Bertz CT molecular complexity index is 48.4. The lowest BCUT2D eigenvalue weighted by Gasteiger charge is -2.17. The zero-order chi connectivity index (χ0) is 5.91. The van der Waals surface area contributed by atoms with E-state index in [1.165, 1.54) is 0 Å². The molecule has 0 radical (unpaired) electrons. The van der Waals surface area contributed by atoms with E-state index in [0.717, 1.165) is 11.9 Å². The van der Waals surface area contributed by atoms with Gasteiger partial charge in [-0.15, -0.1) is 17.0 Å². The molecule has 0 saturated heterocycles. The summed E-state index contributed by atoms with van der Waals surface area (Å²) in [6.45, 7) is 5.00. The molecule has 52 valence electrons. The number of halogens is 2. The fourth-order valence-electron chi connectivity index (χ4n) is 0.0546. The van der Waals surface area contributed by atoms with E-state index in [-0.39, 0.29) is 22.4 Å². The second-order valence-corrected chi connectivity index (χ2v) is 3.06. The zero-order valence-corrected chi connectivity index (χ0v) is 8.58. The lowest BCUT2D eigenvalue weighted by Crippen LogP contribution is -2.24. The van der Waals surface area contributed by atoms with Gasteiger partial charge in [0, 0.05) is 5.33 Å². The van der Waals surface area contributed by atoms with Gasteiger partial charge in [-0.2, -0.15) is 0 Å². The molecule has 0 unspecified atom stereocenters. The van der Waals surface area contributed by atoms with E-state index in [0.29, 0.717) is 0 Å². The van der Waals surface area contributed by atoms with Gasteiger partial charge in [0.25, 0.3) is 0 Å². The minimum atomic E-state index is 0. The highest BCUT2D eigenvalue weighted by Gasteiger charge is 2.11. The average molecular weight is 247 g/mol. The first-order valence-electron chi connectivity index (χ1n) is 2.38. The molecule has 0 spiro atoms. The minimum Gasteiger partial charge on any atom is -0.330 e. The van der Waals surface area contributed by atoms with E-state index < -0.39 is 0 Å². The summed E-state index contributed by atoms with van der Waals surface area (Å²) in [5.74, 6) is 0. The van der Waals surface area contributed by atoms with Gasteiger partial charge in [0.05, 0.1) is 0 Å². The quantitative estimate of drug-likeness (QED) is 0.741. The maximum Gasteiger partial charge on any atom is 0.00947 e. The van der Waals surface area contributed by atoms with Gasteiger partial charge in [-0.3, -0.25) is 0 Å². The Morgan fingerprint density at radius 1 is 1.50 bits per heavy atom. The molecule has 0 aromatic heterocycles. The van der Waals surface area contributed by atoms with Crippen LogP contribution in [0.25, 0.3) is 0 Å². The standard InChI is InChI=1S/C5H12BrN.BrH/c1-5(2,3-6)4-7;/h3-4,7H2,1-2H3;1H. The summed E-state index contributed by atoms with van der Waals surface area (Å²) in [6.07, 6.45) is 0. The molecule has 0 heterocycles. The molecule has 2 N–H and O–H groups in total. The Hall–Kier alpha value is 0.920. The first-order valence-corrected chi connectivity index (χ1v) is 3.50. The maximum absolute atomic E-state index is 5.39. The third-order valence-corrected chi connectivity index (χ3v) is 2.43. The highest BCUT2D eigenvalue weighted by atomic mass is 79.9. The Morgan fingerprint density at radius 3 is 1.88 bits per heavy atom. The molecule has 0 atom stereocenters. The number of hydrogen-bond donors (Lipinski definition) is 1. The molecule has 0 amide bonds. The van der Waals surface area contributed by atoms with Crippen LogP contribution in [0.15, 0.2) is 0 Å². The van der Waals surface area contributed by atoms with Crippen molar-refractivity contribution in [3.63, 3.8) is 0 Å². The molecule has 0 bridgehead atoms. The van der Waals surface area contributed by atoms with Crippen molar-refractivity contribution in [1.29, 1.82) is 0 Å². The minimum absolute atomic E-state index is 0. The fraction of sp³-hybridized carbons (Fsp3) is 1.00. The van der Waals surface area contributed by atoms with Crippen LogP contribution in [0, 0.1) is 5.41 Å². The van der Waals surface area contributed by atoms with Gasteiger partial charge in [0.15, 0.2) is 0 Å². The second-order valence-electron chi connectivity index (χ2n) is 2.50. The van der Waals surface area contributed by atoms with Gasteiger partial charge in [-0.25, -0.2) is 0 Å². The Kier molecular flexibility index (Phi) is 6.96. The molecule has 0 fully saturated rings. The summed E-state index contributed by atoms with van der Waals surface area (Å²) < 4.78 is 0. The van der Waals surface area contributed by atoms with E-state index in [9.17, 15) is 0 Å². The van der Waals surface area contributed by atoms with E-state index >= 15 is 0 Å². The van der Waals surface area contributed by atoms with Crippen LogP contribution in [0.3, 0.4) is 0 Å². The van der Waals surface area contributed by atoms with Crippen molar-refractivity contribution in [1.82, 2.24) is 0 Å². The number of alkyl halides is 1. The number of rotatable bonds is 2. The summed E-state index contributed by atoms with van der Waals surface area (Å²) in [6, 6.07) is 0. The summed E-state index contributed by atoms with van der Waals surface area (Å²) in [4.78, 5) is 0. The largest absolute Gasteiger partial charge is 0.330 e. The monoisotopic (exact) mass is 245 g/mol. The topological polar surface area (TPSA) is 26.0 Å². The molecular formula is C5H13Br2N. The van der Waals surface area contributed by atoms with Crippen LogP contribution in [-0.4, -0.2) is 11.9 Å². The van der Waals surface area contributed by atoms with Crippen LogP contribution in [0.1, 0.15) is 13.8 Å². The first kappa shape index (κ1) is 11.7. The van der Waals surface area contributed by atoms with Crippen molar-refractivity contribution in [2.75, 3.05) is 11.9 Å². The van der Waals surface area contributed by atoms with Crippen molar-refractivity contribution in [2.24, 2.45) is 11.1 Å². The normalized spacial score (nSPS) is 10.5. The molecule has 0 saturated carbocycles. The molecule has 0 aliphatic carbocycles. The van der Waals surface area contributed by atoms with Gasteiger partial charge in [-0.1, -0.05) is 29.8 Å². The van der Waals surface area contributed by atoms with Gasteiger partial charge in [0.1, 0.15) is 0 Å². The molecule has 8 heavy (non-hydrogen) atoms. The van der Waals surface area contributed by atoms with E-state index in [1.807, 2.05) is 0 Å². The van der Waals surface area contributed by atoms with Crippen LogP contribution in [0.4, 0.5) is 0 Å². The third kappa shape index (κ3) is 5.06. The predicted octanol–water partition coefficient (Wildman–Crippen LogP) is 1.94. The highest BCUT2D eigenvalue weighted by Crippen LogP contribution is 2.14. The zero-order valence-electron chi connectivity index (χ0n) is 5.28. The number of nitrogens with two attached hydrogens (primary N) is 1. The Balaban J connectivity index is 0. The second kappa shape index (κ2) is 4.77. The van der Waals surface area contributed by atoms with E-state index in [2.05, 4.69) is 29.8 Å². The smallest absolute Gasteiger partial charge is 0.00947 e. The van der Waals surface area contributed by atoms with E-state index in [1.54, 1.807) is 0 Å². The van der Waals surface area contributed by atoms with Crippen molar-refractivity contribution in [2.45, 2.75) is 13.8 Å². The van der Waals surface area contributed by atoms with Crippen LogP contribution < -0.4 is 5.73 Å². The summed E-state index contributed by atoms with van der Waals surface area (Å²) in [5.41, 5.74) is 5.66. The molecule has 0 aromatic rings. The van der Waals surface area contributed by atoms with Gasteiger partial charge >= 0.3 is 0 Å². The molecule has 0 aliphatic rings. The molecular weight excluding hydrogens is 234 g/mol. The van der Waals surface area contributed by atoms with Crippen LogP contribution in [-0.2, 0) is 0 Å². The van der Waals surface area contributed by atoms with Gasteiger partial charge < -0.3 is 5.73 Å². The summed E-state index contributed by atoms with van der Waals surface area (Å²) in [7, 11) is 0. The molecule has 1 nitrogen and oxygen atoms in total. The lowest BCUT2D eigenvalue weighted by atomic mass is 9.98. The summed E-state index contributed by atoms with van der Waals surface area (Å²) >= 11 is 3.35. The Labute approximate surface area is 69.9 Å². The van der Waals surface area contributed by atoms with Crippen LogP contribution in [0.2, 0.25) is 0 Å². The lowest BCUT2D eigenvalue weighted by molar-refractivity contribution is 0.442. The SMILES string of the molecule is Br.CC(C)(CN)CBr. The van der Waals surface area contributed by atoms with Crippen LogP contribution >= 0.6 is 32.9 Å². The molecule has 3 heteroatoms. The predicted molar refractivity (Wildman–Crippen MR) is 47.0 cm³/mol. The molecule has 0 aliphatic heterocycles. The van der Waals surface area contributed by atoms with Crippen molar-refractivity contribution in [3.05, 3.63) is 0 Å². The summed E-state index contributed by atoms with van der Waals surface area (Å²) in [5, 5.41) is 0.983. The Morgan fingerprint density at radius 2 is 1.88 bits per heavy atom. The molecule has 0 aromatic carbocycles. The van der Waals surface area contributed by atoms with Crippen molar-refractivity contribution in [3.8, 4) is 0 Å². The fourth-order valence-corrected chi connectivity index (χ4v) is 0.283. The van der Waals surface area contributed by atoms with E-state index in [4.69, 9.17) is 5.73 Å². The van der Waals surface area contributed by atoms with Crippen molar-refractivity contribution >= 4 is 32.9 Å². The molecule has 0 rings (SSSR count). The van der Waals surface area contributed by atoms with Crippen molar-refractivity contribution < 1.29 is 0 Å². The van der Waals surface area contributed by atoms with Gasteiger partial charge in [0.2, 0.25) is 0 Å². The highest BCUT2D eigenvalue weighted by molar-refractivity contribution is 9.09. The third-order valence-electron chi connectivity index (χ3n) is 0.914. The van der Waals surface area contributed by atoms with Gasteiger partial charge in [-0.05, 0) is 12.0 Å². The maximum atomic E-state index is 5.39. The number of hydrogen-bond acceptors (Lipinski definition) is 1. The van der Waals surface area contributed by atoms with Crippen LogP contribution in [0.5, 0.6) is 0 Å². The average Bonchev–Trinajstić information content (AvgIpc) is 1.68.